The SMILES string of the molecule is Cc1ccc(-c2nn(-c3ccccc3)cc2[C@H]2SCC(=O)N2CCCN2C(=O)CS[C@H]2c2cn(-c3ccccc3)nc2-c2ccc(C)cc2)cc1. The number of rotatable bonds is 10. The van der Waals surface area contributed by atoms with Crippen LogP contribution in [0.3, 0.4) is 0 Å². The van der Waals surface area contributed by atoms with Gasteiger partial charge in [0.1, 0.15) is 10.7 Å². The van der Waals surface area contributed by atoms with Gasteiger partial charge in [0.15, 0.2) is 0 Å². The second-order valence-corrected chi connectivity index (χ2v) is 15.1. The number of amides is 2. The van der Waals surface area contributed by atoms with Gasteiger partial charge in [0.2, 0.25) is 11.8 Å². The summed E-state index contributed by atoms with van der Waals surface area (Å²) in [7, 11) is 0. The van der Waals surface area contributed by atoms with E-state index in [1.165, 1.54) is 11.1 Å². The minimum Gasteiger partial charge on any atom is -0.326 e. The van der Waals surface area contributed by atoms with Gasteiger partial charge in [0, 0.05) is 47.7 Å². The highest BCUT2D eigenvalue weighted by molar-refractivity contribution is 8.00. The zero-order valence-corrected chi connectivity index (χ0v) is 30.2. The Balaban J connectivity index is 1.06. The predicted molar refractivity (Wildman–Crippen MR) is 206 cm³/mol. The largest absolute Gasteiger partial charge is 0.326 e. The lowest BCUT2D eigenvalue weighted by molar-refractivity contribution is -0.128. The van der Waals surface area contributed by atoms with Crippen LogP contribution in [0.15, 0.2) is 122 Å². The van der Waals surface area contributed by atoms with E-state index >= 15 is 0 Å². The number of carbonyl (C=O) groups is 2. The van der Waals surface area contributed by atoms with Crippen LogP contribution < -0.4 is 0 Å². The highest BCUT2D eigenvalue weighted by Crippen LogP contribution is 2.45. The Bertz CT molecular complexity index is 2010. The maximum atomic E-state index is 13.4. The summed E-state index contributed by atoms with van der Waals surface area (Å²) in [6.07, 6.45) is 4.80. The Morgan fingerprint density at radius 1 is 0.569 bits per heavy atom. The summed E-state index contributed by atoms with van der Waals surface area (Å²) < 4.78 is 3.83. The van der Waals surface area contributed by atoms with Gasteiger partial charge < -0.3 is 9.80 Å². The molecule has 51 heavy (non-hydrogen) atoms. The number of aromatic nitrogens is 4. The van der Waals surface area contributed by atoms with Gasteiger partial charge >= 0.3 is 0 Å². The van der Waals surface area contributed by atoms with Crippen LogP contribution in [0.4, 0.5) is 0 Å². The fraction of sp³-hybridized carbons (Fsp3) is 0.220. The van der Waals surface area contributed by atoms with Crippen LogP contribution >= 0.6 is 23.5 Å². The molecule has 256 valence electrons. The van der Waals surface area contributed by atoms with Gasteiger partial charge in [-0.05, 0) is 44.5 Å². The van der Waals surface area contributed by atoms with Crippen LogP contribution in [0.5, 0.6) is 0 Å². The number of hydrogen-bond acceptors (Lipinski definition) is 6. The lowest BCUT2D eigenvalue weighted by Crippen LogP contribution is -2.34. The van der Waals surface area contributed by atoms with Gasteiger partial charge in [-0.1, -0.05) is 96.1 Å². The lowest BCUT2D eigenvalue weighted by Gasteiger charge is -2.27. The molecule has 6 aromatic rings. The van der Waals surface area contributed by atoms with Crippen molar-refractivity contribution in [2.24, 2.45) is 0 Å². The molecule has 8 nitrogen and oxygen atoms in total. The zero-order valence-electron chi connectivity index (χ0n) is 28.6. The topological polar surface area (TPSA) is 76.3 Å². The van der Waals surface area contributed by atoms with Crippen molar-refractivity contribution in [2.45, 2.75) is 31.0 Å². The average Bonchev–Trinajstić information content (AvgIpc) is 3.96. The number of carbonyl (C=O) groups excluding carboxylic acids is 2. The van der Waals surface area contributed by atoms with Crippen molar-refractivity contribution in [1.29, 1.82) is 0 Å². The molecule has 0 bridgehead atoms. The van der Waals surface area contributed by atoms with Crippen molar-refractivity contribution in [1.82, 2.24) is 29.4 Å². The van der Waals surface area contributed by atoms with Crippen LogP contribution in [-0.4, -0.2) is 65.8 Å². The van der Waals surface area contributed by atoms with E-state index in [9.17, 15) is 9.59 Å². The standard InChI is InChI=1S/C41H38N6O2S2/c1-28-14-18-30(19-15-28)38-34(24-46(42-38)32-10-5-3-6-11-32)40-44(36(48)26-50-40)22-9-23-45-37(49)27-51-41(45)35-25-47(33-12-7-4-8-13-33)43-39(35)31-20-16-29(2)17-21-31/h3-8,10-21,24-25,40-41H,9,22-23,26-27H2,1-2H3/t40-,41+. The number of nitrogens with zero attached hydrogens (tertiary/aromatic N) is 6. The molecule has 2 aliphatic heterocycles. The first-order chi connectivity index (χ1) is 24.9. The lowest BCUT2D eigenvalue weighted by atomic mass is 10.1. The molecule has 0 spiro atoms. The summed E-state index contributed by atoms with van der Waals surface area (Å²) in [5, 5.41) is 9.73. The summed E-state index contributed by atoms with van der Waals surface area (Å²) in [6, 6.07) is 37.0. The van der Waals surface area contributed by atoms with Gasteiger partial charge in [-0.15, -0.1) is 23.5 Å². The Labute approximate surface area is 306 Å². The molecule has 0 radical (unpaired) electrons. The molecule has 2 saturated heterocycles. The van der Waals surface area contributed by atoms with Crippen molar-refractivity contribution in [3.63, 3.8) is 0 Å². The summed E-state index contributed by atoms with van der Waals surface area (Å²) in [5.41, 5.74) is 10.1. The Kier molecular flexibility index (Phi) is 9.27. The second-order valence-electron chi connectivity index (χ2n) is 13.0. The van der Waals surface area contributed by atoms with Gasteiger partial charge in [-0.25, -0.2) is 9.36 Å². The van der Waals surface area contributed by atoms with E-state index in [2.05, 4.69) is 74.8 Å². The van der Waals surface area contributed by atoms with Crippen LogP contribution in [-0.2, 0) is 9.59 Å². The molecule has 0 unspecified atom stereocenters. The molecule has 10 heteroatoms. The third kappa shape index (κ3) is 6.73. The van der Waals surface area contributed by atoms with Gasteiger partial charge in [-0.2, -0.15) is 10.2 Å². The molecule has 4 heterocycles. The molecule has 4 aromatic carbocycles. The molecule has 8 rings (SSSR count). The average molecular weight is 711 g/mol. The normalized spacial score (nSPS) is 17.5. The van der Waals surface area contributed by atoms with E-state index in [1.54, 1.807) is 23.5 Å². The van der Waals surface area contributed by atoms with E-state index in [1.807, 2.05) is 79.8 Å². The molecule has 0 saturated carbocycles. The summed E-state index contributed by atoms with van der Waals surface area (Å²) in [5.74, 6) is 1.04. The predicted octanol–water partition coefficient (Wildman–Crippen LogP) is 8.25. The summed E-state index contributed by atoms with van der Waals surface area (Å²) >= 11 is 3.28. The van der Waals surface area contributed by atoms with Crippen molar-refractivity contribution < 1.29 is 9.59 Å². The van der Waals surface area contributed by atoms with Crippen LogP contribution in [0.2, 0.25) is 0 Å². The fourth-order valence-electron chi connectivity index (χ4n) is 6.75. The number of benzene rings is 4. The quantitative estimate of drug-likeness (QED) is 0.143. The van der Waals surface area contributed by atoms with Crippen LogP contribution in [0, 0.1) is 13.8 Å². The van der Waals surface area contributed by atoms with E-state index in [4.69, 9.17) is 10.2 Å². The summed E-state index contributed by atoms with van der Waals surface area (Å²) in [6.45, 7) is 5.23. The maximum absolute atomic E-state index is 13.4. The second kappa shape index (κ2) is 14.3. The third-order valence-corrected chi connectivity index (χ3v) is 11.9. The van der Waals surface area contributed by atoms with Gasteiger partial charge in [0.25, 0.3) is 0 Å². The molecule has 0 aliphatic carbocycles. The number of thioether (sulfide) groups is 2. The van der Waals surface area contributed by atoms with Crippen molar-refractivity contribution >= 4 is 35.3 Å². The highest BCUT2D eigenvalue weighted by atomic mass is 32.2. The van der Waals surface area contributed by atoms with Crippen LogP contribution in [0.1, 0.15) is 39.4 Å². The monoisotopic (exact) mass is 710 g/mol. The Morgan fingerprint density at radius 2 is 0.961 bits per heavy atom. The van der Waals surface area contributed by atoms with Crippen molar-refractivity contribution in [3.05, 3.63) is 144 Å². The fourth-order valence-corrected chi connectivity index (χ4v) is 9.19. The molecule has 0 N–H and O–H groups in total. The Morgan fingerprint density at radius 3 is 1.35 bits per heavy atom. The molecular weight excluding hydrogens is 673 g/mol. The molecule has 2 atom stereocenters. The van der Waals surface area contributed by atoms with Crippen molar-refractivity contribution in [3.8, 4) is 33.9 Å². The first-order valence-corrected chi connectivity index (χ1v) is 19.3. The van der Waals surface area contributed by atoms with Crippen molar-refractivity contribution in [2.75, 3.05) is 24.6 Å². The van der Waals surface area contributed by atoms with Crippen LogP contribution in [0.25, 0.3) is 33.9 Å². The van der Waals surface area contributed by atoms with Gasteiger partial charge in [0.05, 0.1) is 34.3 Å². The third-order valence-electron chi connectivity index (χ3n) is 9.44. The first-order valence-electron chi connectivity index (χ1n) is 17.2. The molecule has 2 aliphatic rings. The molecular formula is C41H38N6O2S2. The van der Waals surface area contributed by atoms with E-state index in [0.29, 0.717) is 31.0 Å². The van der Waals surface area contributed by atoms with E-state index in [0.717, 1.165) is 45.0 Å². The molecule has 2 aromatic heterocycles. The zero-order chi connectivity index (χ0) is 34.9. The number of aryl methyl sites for hydroxylation is 2. The van der Waals surface area contributed by atoms with E-state index in [-0.39, 0.29) is 22.6 Å². The Hall–Kier alpha value is -5.06. The minimum atomic E-state index is -0.178. The molecule has 2 amide bonds. The number of para-hydroxylation sites is 2. The summed E-state index contributed by atoms with van der Waals surface area (Å²) in [4.78, 5) is 30.8. The van der Waals surface area contributed by atoms with E-state index < -0.39 is 0 Å². The first kappa shape index (κ1) is 33.1. The minimum absolute atomic E-state index is 0.108. The highest BCUT2D eigenvalue weighted by Gasteiger charge is 2.38. The molecule has 2 fully saturated rings. The maximum Gasteiger partial charge on any atom is 0.233 e. The smallest absolute Gasteiger partial charge is 0.233 e. The van der Waals surface area contributed by atoms with Gasteiger partial charge in [-0.3, -0.25) is 9.59 Å². The number of hydrogen-bond donors (Lipinski definition) is 0.